The van der Waals surface area contributed by atoms with Crippen LogP contribution in [-0.2, 0) is 0 Å². The number of benzene rings is 2. The van der Waals surface area contributed by atoms with Crippen LogP contribution >= 0.6 is 0 Å². The predicted octanol–water partition coefficient (Wildman–Crippen LogP) is 4.82. The fourth-order valence-corrected chi connectivity index (χ4v) is 2.47. The maximum atomic E-state index is 12.1. The smallest absolute Gasteiger partial charge is 0.251 e. The monoisotopic (exact) mass is 309 g/mol. The lowest BCUT2D eigenvalue weighted by Gasteiger charge is -2.12. The average molecular weight is 309 g/mol. The highest BCUT2D eigenvalue weighted by atomic mass is 16.1. The predicted molar refractivity (Wildman–Crippen MR) is 94.4 cm³/mol. The van der Waals surface area contributed by atoms with Crippen LogP contribution in [-0.4, -0.2) is 19.0 Å². The lowest BCUT2D eigenvalue weighted by Crippen LogP contribution is -2.30. The van der Waals surface area contributed by atoms with Crippen molar-refractivity contribution in [2.75, 3.05) is 7.05 Å². The van der Waals surface area contributed by atoms with Gasteiger partial charge in [-0.25, -0.2) is 0 Å². The highest BCUT2D eigenvalue weighted by Crippen LogP contribution is 2.30. The van der Waals surface area contributed by atoms with Crippen LogP contribution in [0.2, 0.25) is 0 Å². The summed E-state index contributed by atoms with van der Waals surface area (Å²) >= 11 is 0. The minimum atomic E-state index is -0.0426. The van der Waals surface area contributed by atoms with E-state index in [2.05, 4.69) is 21.6 Å². The summed E-state index contributed by atoms with van der Waals surface area (Å²) in [4.78, 5) is 12.1. The third-order valence-corrected chi connectivity index (χ3v) is 3.64. The van der Waals surface area contributed by atoms with Crippen LogP contribution in [0.25, 0.3) is 11.1 Å². The second kappa shape index (κ2) is 7.18. The van der Waals surface area contributed by atoms with Crippen molar-refractivity contribution < 1.29 is 4.79 Å². The Morgan fingerprint density at radius 1 is 1.04 bits per heavy atom. The summed E-state index contributed by atoms with van der Waals surface area (Å²) in [6.07, 6.45) is 0. The molecule has 2 aromatic carbocycles. The van der Waals surface area contributed by atoms with Crippen molar-refractivity contribution in [1.29, 1.82) is 0 Å². The highest BCUT2D eigenvalue weighted by Gasteiger charge is 2.10. The molecule has 0 saturated heterocycles. The first-order valence-electron chi connectivity index (χ1n) is 7.74. The molecule has 0 aliphatic carbocycles. The molecule has 0 aliphatic rings. The zero-order chi connectivity index (χ0) is 17.0. The zero-order valence-corrected chi connectivity index (χ0v) is 14.3. The first-order chi connectivity index (χ1) is 10.9. The topological polar surface area (TPSA) is 53.8 Å². The Kier molecular flexibility index (Phi) is 5.27. The quantitative estimate of drug-likeness (QED) is 0.809. The van der Waals surface area contributed by atoms with Crippen molar-refractivity contribution >= 4 is 11.6 Å². The molecule has 2 aromatic rings. The lowest BCUT2D eigenvalue weighted by atomic mass is 9.97. The minimum Gasteiger partial charge on any atom is -0.350 e. The third-order valence-electron chi connectivity index (χ3n) is 3.64. The van der Waals surface area contributed by atoms with Gasteiger partial charge in [0.1, 0.15) is 0 Å². The molecule has 4 nitrogen and oxygen atoms in total. The number of amides is 1. The Morgan fingerprint density at radius 3 is 2.39 bits per heavy atom. The molecular formula is C19H23N3O. The zero-order valence-electron chi connectivity index (χ0n) is 14.3. The number of aryl methyl sites for hydroxylation is 2. The molecule has 4 heteroatoms. The number of azo groups is 1. The molecule has 1 amide bonds. The van der Waals surface area contributed by atoms with Gasteiger partial charge in [-0.15, -0.1) is 0 Å². The standard InChI is InChI=1S/C19H23N3O/c1-12(2)21-19(23)16-8-9-17(14(4)10-16)15-7-6-13(3)18(11-15)22-20-5/h6-12H,1-5H3,(H,21,23). The first kappa shape index (κ1) is 16.9. The summed E-state index contributed by atoms with van der Waals surface area (Å²) in [5.41, 5.74) is 5.87. The van der Waals surface area contributed by atoms with E-state index in [0.29, 0.717) is 5.56 Å². The highest BCUT2D eigenvalue weighted by molar-refractivity contribution is 5.95. The molecule has 0 unspecified atom stereocenters. The van der Waals surface area contributed by atoms with Gasteiger partial charge in [0.25, 0.3) is 5.91 Å². The van der Waals surface area contributed by atoms with Crippen molar-refractivity contribution in [3.8, 4) is 11.1 Å². The molecule has 0 atom stereocenters. The lowest BCUT2D eigenvalue weighted by molar-refractivity contribution is 0.0943. The van der Waals surface area contributed by atoms with Gasteiger partial charge in [-0.1, -0.05) is 18.2 Å². The molecule has 0 heterocycles. The summed E-state index contributed by atoms with van der Waals surface area (Å²) in [6, 6.07) is 12.0. The van der Waals surface area contributed by atoms with Gasteiger partial charge >= 0.3 is 0 Å². The summed E-state index contributed by atoms with van der Waals surface area (Å²) in [6.45, 7) is 7.94. The Labute approximate surface area is 137 Å². The molecule has 0 aromatic heterocycles. The van der Waals surface area contributed by atoms with Gasteiger partial charge in [-0.3, -0.25) is 4.79 Å². The van der Waals surface area contributed by atoms with E-state index in [1.807, 2.05) is 58.0 Å². The van der Waals surface area contributed by atoms with Crippen LogP contribution in [0, 0.1) is 13.8 Å². The second-order valence-electron chi connectivity index (χ2n) is 5.96. The van der Waals surface area contributed by atoms with E-state index < -0.39 is 0 Å². The largest absolute Gasteiger partial charge is 0.350 e. The number of carbonyl (C=O) groups is 1. The van der Waals surface area contributed by atoms with E-state index in [0.717, 1.165) is 27.9 Å². The van der Waals surface area contributed by atoms with Crippen molar-refractivity contribution in [3.63, 3.8) is 0 Å². The molecule has 0 bridgehead atoms. The molecule has 120 valence electrons. The summed E-state index contributed by atoms with van der Waals surface area (Å²) in [5.74, 6) is -0.0426. The van der Waals surface area contributed by atoms with E-state index in [1.165, 1.54) is 0 Å². The van der Waals surface area contributed by atoms with E-state index in [-0.39, 0.29) is 11.9 Å². The fraction of sp³-hybridized carbons (Fsp3) is 0.316. The van der Waals surface area contributed by atoms with E-state index in [1.54, 1.807) is 7.05 Å². The molecule has 0 aliphatic heterocycles. The van der Waals surface area contributed by atoms with Crippen LogP contribution in [0.1, 0.15) is 35.3 Å². The van der Waals surface area contributed by atoms with Crippen LogP contribution in [0.3, 0.4) is 0 Å². The number of hydrogen-bond acceptors (Lipinski definition) is 3. The maximum absolute atomic E-state index is 12.1. The third kappa shape index (κ3) is 4.03. The molecule has 23 heavy (non-hydrogen) atoms. The Bertz CT molecular complexity index is 748. The van der Waals surface area contributed by atoms with Crippen molar-refractivity contribution in [3.05, 3.63) is 53.1 Å². The van der Waals surface area contributed by atoms with Crippen LogP contribution in [0.4, 0.5) is 5.69 Å². The molecule has 1 N–H and O–H groups in total. The minimum absolute atomic E-state index is 0.0426. The van der Waals surface area contributed by atoms with E-state index >= 15 is 0 Å². The first-order valence-corrected chi connectivity index (χ1v) is 7.74. The number of hydrogen-bond donors (Lipinski definition) is 1. The van der Waals surface area contributed by atoms with Gasteiger partial charge in [0.15, 0.2) is 0 Å². The van der Waals surface area contributed by atoms with E-state index in [9.17, 15) is 4.79 Å². The number of nitrogens with zero attached hydrogens (tertiary/aromatic N) is 2. The van der Waals surface area contributed by atoms with Crippen molar-refractivity contribution in [2.45, 2.75) is 33.7 Å². The van der Waals surface area contributed by atoms with Gasteiger partial charge in [-0.05, 0) is 68.1 Å². The van der Waals surface area contributed by atoms with Gasteiger partial charge < -0.3 is 5.32 Å². The molecule has 0 saturated carbocycles. The molecule has 0 fully saturated rings. The number of carbonyl (C=O) groups excluding carboxylic acids is 1. The SMILES string of the molecule is CN=Nc1cc(-c2ccc(C(=O)NC(C)C)cc2C)ccc1C. The van der Waals surface area contributed by atoms with Crippen molar-refractivity contribution in [2.24, 2.45) is 10.2 Å². The van der Waals surface area contributed by atoms with Gasteiger partial charge in [0.2, 0.25) is 0 Å². The van der Waals surface area contributed by atoms with Crippen LogP contribution < -0.4 is 5.32 Å². The molecule has 0 radical (unpaired) electrons. The summed E-state index contributed by atoms with van der Waals surface area (Å²) in [7, 11) is 1.67. The normalized spacial score (nSPS) is 11.2. The molecular weight excluding hydrogens is 286 g/mol. The van der Waals surface area contributed by atoms with Gasteiger partial charge in [0, 0.05) is 18.7 Å². The van der Waals surface area contributed by atoms with Gasteiger partial charge in [-0.2, -0.15) is 10.2 Å². The Hall–Kier alpha value is -2.49. The van der Waals surface area contributed by atoms with Crippen LogP contribution in [0.5, 0.6) is 0 Å². The maximum Gasteiger partial charge on any atom is 0.251 e. The van der Waals surface area contributed by atoms with Gasteiger partial charge in [0.05, 0.1) is 5.69 Å². The fourth-order valence-electron chi connectivity index (χ4n) is 2.47. The molecule has 2 rings (SSSR count). The average Bonchev–Trinajstić information content (AvgIpc) is 2.49. The summed E-state index contributed by atoms with van der Waals surface area (Å²) in [5, 5.41) is 10.9. The van der Waals surface area contributed by atoms with Crippen LogP contribution in [0.15, 0.2) is 46.6 Å². The Morgan fingerprint density at radius 2 is 1.78 bits per heavy atom. The number of rotatable bonds is 4. The summed E-state index contributed by atoms with van der Waals surface area (Å²) < 4.78 is 0. The second-order valence-corrected chi connectivity index (χ2v) is 5.96. The van der Waals surface area contributed by atoms with E-state index in [4.69, 9.17) is 0 Å². The molecule has 0 spiro atoms. The number of nitrogens with one attached hydrogen (secondary N) is 1. The Balaban J connectivity index is 2.38. The van der Waals surface area contributed by atoms with Crippen molar-refractivity contribution in [1.82, 2.24) is 5.32 Å².